The fourth-order valence-corrected chi connectivity index (χ4v) is 3.46. The number of benzene rings is 2. The molecule has 0 fully saturated rings. The second-order valence-corrected chi connectivity index (χ2v) is 6.74. The fraction of sp³-hybridized carbons (Fsp3) is 0.348. The zero-order valence-corrected chi connectivity index (χ0v) is 19.0. The van der Waals surface area contributed by atoms with Crippen molar-refractivity contribution < 1.29 is 33.6 Å². The number of carbonyl (C=O) groups is 1. The number of esters is 1. The van der Waals surface area contributed by atoms with Gasteiger partial charge in [0, 0.05) is 11.1 Å². The van der Waals surface area contributed by atoms with Gasteiger partial charge in [0.15, 0.2) is 23.0 Å². The Balaban J connectivity index is 2.69. The maximum atomic E-state index is 12.2. The minimum absolute atomic E-state index is 0.0234. The van der Waals surface area contributed by atoms with Crippen molar-refractivity contribution in [1.82, 2.24) is 0 Å². The summed E-state index contributed by atoms with van der Waals surface area (Å²) < 4.78 is 26.5. The highest BCUT2D eigenvalue weighted by Gasteiger charge is 2.20. The number of halogens is 1. The maximum Gasteiger partial charge on any atom is 0.310 e. The van der Waals surface area contributed by atoms with Crippen LogP contribution in [-0.2, 0) is 16.0 Å². The Morgan fingerprint density at radius 3 is 2.03 bits per heavy atom. The van der Waals surface area contributed by atoms with Crippen LogP contribution in [0.25, 0.3) is 10.6 Å². The SMILES string of the molecule is CCOC(=O)Cc1cc(OC)c(OC)cc1/C(Cl)=C(/CO)c1ccc(OC)c(OC)c1. The van der Waals surface area contributed by atoms with E-state index in [0.717, 1.165) is 0 Å². The Kier molecular flexibility index (Phi) is 9.03. The van der Waals surface area contributed by atoms with Gasteiger partial charge in [0.2, 0.25) is 0 Å². The lowest BCUT2D eigenvalue weighted by molar-refractivity contribution is -0.142. The standard InChI is InChI=1S/C23H27ClO7/c1-6-31-22(26)11-15-10-20(29-4)21(30-5)12-16(15)23(24)17(13-25)14-7-8-18(27-2)19(9-14)28-3/h7-10,12,25H,6,11,13H2,1-5H3/b23-17+. The van der Waals surface area contributed by atoms with E-state index in [1.165, 1.54) is 21.3 Å². The average Bonchev–Trinajstić information content (AvgIpc) is 2.78. The summed E-state index contributed by atoms with van der Waals surface area (Å²) in [7, 11) is 6.08. The zero-order valence-electron chi connectivity index (χ0n) is 18.3. The van der Waals surface area contributed by atoms with Crippen molar-refractivity contribution in [2.24, 2.45) is 0 Å². The van der Waals surface area contributed by atoms with Gasteiger partial charge in [-0.2, -0.15) is 0 Å². The van der Waals surface area contributed by atoms with Crippen molar-refractivity contribution in [3.05, 3.63) is 47.0 Å². The average molecular weight is 451 g/mol. The van der Waals surface area contributed by atoms with E-state index in [4.69, 9.17) is 35.3 Å². The van der Waals surface area contributed by atoms with Gasteiger partial charge < -0.3 is 28.8 Å². The Labute approximate surface area is 187 Å². The molecule has 0 atom stereocenters. The summed E-state index contributed by atoms with van der Waals surface area (Å²) in [6.07, 6.45) is -0.0234. The predicted octanol–water partition coefficient (Wildman–Crippen LogP) is 3.93. The first-order valence-corrected chi connectivity index (χ1v) is 9.94. The van der Waals surface area contributed by atoms with Gasteiger partial charge in [-0.25, -0.2) is 0 Å². The summed E-state index contributed by atoms with van der Waals surface area (Å²) >= 11 is 6.77. The Bertz CT molecular complexity index is 953. The minimum Gasteiger partial charge on any atom is -0.493 e. The van der Waals surface area contributed by atoms with Crippen molar-refractivity contribution in [2.75, 3.05) is 41.7 Å². The number of carbonyl (C=O) groups excluding carboxylic acids is 1. The molecule has 2 aromatic carbocycles. The van der Waals surface area contributed by atoms with E-state index in [1.54, 1.807) is 44.4 Å². The molecule has 0 amide bonds. The third-order valence-corrected chi connectivity index (χ3v) is 5.07. The predicted molar refractivity (Wildman–Crippen MR) is 119 cm³/mol. The molecule has 0 heterocycles. The molecular formula is C23H27ClO7. The van der Waals surface area contributed by atoms with Crippen LogP contribution in [0.5, 0.6) is 23.0 Å². The van der Waals surface area contributed by atoms with Crippen LogP contribution < -0.4 is 18.9 Å². The number of aliphatic hydroxyl groups excluding tert-OH is 1. The van der Waals surface area contributed by atoms with Crippen LogP contribution >= 0.6 is 11.6 Å². The molecule has 0 aliphatic heterocycles. The van der Waals surface area contributed by atoms with Crippen LogP contribution in [0.1, 0.15) is 23.6 Å². The molecule has 8 heteroatoms. The van der Waals surface area contributed by atoms with Crippen LogP contribution in [0.2, 0.25) is 0 Å². The van der Waals surface area contributed by atoms with Crippen molar-refractivity contribution >= 4 is 28.2 Å². The van der Waals surface area contributed by atoms with Gasteiger partial charge in [0.25, 0.3) is 0 Å². The quantitative estimate of drug-likeness (QED) is 0.433. The monoisotopic (exact) mass is 450 g/mol. The molecule has 0 radical (unpaired) electrons. The Hall–Kier alpha value is -2.90. The van der Waals surface area contributed by atoms with E-state index in [1.807, 2.05) is 0 Å². The van der Waals surface area contributed by atoms with Crippen LogP contribution in [0.3, 0.4) is 0 Å². The van der Waals surface area contributed by atoms with E-state index in [0.29, 0.717) is 45.3 Å². The topological polar surface area (TPSA) is 83.5 Å². The lowest BCUT2D eigenvalue weighted by atomic mass is 9.97. The van der Waals surface area contributed by atoms with Gasteiger partial charge in [-0.05, 0) is 42.3 Å². The van der Waals surface area contributed by atoms with Crippen LogP contribution in [0.15, 0.2) is 30.3 Å². The number of hydrogen-bond acceptors (Lipinski definition) is 7. The lowest BCUT2D eigenvalue weighted by Gasteiger charge is -2.17. The second kappa shape index (κ2) is 11.5. The molecule has 31 heavy (non-hydrogen) atoms. The van der Waals surface area contributed by atoms with Gasteiger partial charge in [-0.15, -0.1) is 0 Å². The second-order valence-electron chi connectivity index (χ2n) is 6.37. The molecule has 0 saturated carbocycles. The van der Waals surface area contributed by atoms with Crippen molar-refractivity contribution in [2.45, 2.75) is 13.3 Å². The van der Waals surface area contributed by atoms with Crippen LogP contribution in [-0.4, -0.2) is 52.7 Å². The first kappa shape index (κ1) is 24.4. The largest absolute Gasteiger partial charge is 0.493 e. The lowest BCUT2D eigenvalue weighted by Crippen LogP contribution is -2.10. The molecular weight excluding hydrogens is 424 g/mol. The molecule has 0 aliphatic rings. The van der Waals surface area contributed by atoms with Crippen molar-refractivity contribution in [3.8, 4) is 23.0 Å². The first-order valence-electron chi connectivity index (χ1n) is 9.56. The van der Waals surface area contributed by atoms with Gasteiger partial charge in [-0.1, -0.05) is 17.7 Å². The normalized spacial score (nSPS) is 11.5. The maximum absolute atomic E-state index is 12.2. The molecule has 1 N–H and O–H groups in total. The van der Waals surface area contributed by atoms with E-state index in [9.17, 15) is 9.90 Å². The smallest absolute Gasteiger partial charge is 0.310 e. The Morgan fingerprint density at radius 1 is 0.903 bits per heavy atom. The molecule has 0 aliphatic carbocycles. The molecule has 2 aromatic rings. The number of hydrogen-bond donors (Lipinski definition) is 1. The molecule has 0 unspecified atom stereocenters. The zero-order chi connectivity index (χ0) is 23.0. The highest BCUT2D eigenvalue weighted by Crippen LogP contribution is 2.40. The molecule has 7 nitrogen and oxygen atoms in total. The molecule has 0 saturated heterocycles. The number of ether oxygens (including phenoxy) is 5. The molecule has 2 rings (SSSR count). The van der Waals surface area contributed by atoms with E-state index in [-0.39, 0.29) is 24.7 Å². The first-order chi connectivity index (χ1) is 14.9. The summed E-state index contributed by atoms with van der Waals surface area (Å²) in [6, 6.07) is 8.56. The van der Waals surface area contributed by atoms with E-state index in [2.05, 4.69) is 0 Å². The van der Waals surface area contributed by atoms with Gasteiger partial charge in [0.05, 0.1) is 53.1 Å². The van der Waals surface area contributed by atoms with Crippen molar-refractivity contribution in [3.63, 3.8) is 0 Å². The molecule has 0 bridgehead atoms. The number of aliphatic hydroxyl groups is 1. The van der Waals surface area contributed by atoms with E-state index < -0.39 is 5.97 Å². The third-order valence-electron chi connectivity index (χ3n) is 4.64. The molecule has 168 valence electrons. The summed E-state index contributed by atoms with van der Waals surface area (Å²) in [5.41, 5.74) is 2.18. The van der Waals surface area contributed by atoms with E-state index >= 15 is 0 Å². The summed E-state index contributed by atoms with van der Waals surface area (Å²) in [6.45, 7) is 1.65. The number of methoxy groups -OCH3 is 4. The minimum atomic E-state index is -0.405. The van der Waals surface area contributed by atoms with Gasteiger partial charge in [-0.3, -0.25) is 4.79 Å². The van der Waals surface area contributed by atoms with Crippen LogP contribution in [0.4, 0.5) is 0 Å². The molecule has 0 aromatic heterocycles. The third kappa shape index (κ3) is 5.62. The van der Waals surface area contributed by atoms with Crippen molar-refractivity contribution in [1.29, 1.82) is 0 Å². The summed E-state index contributed by atoms with van der Waals surface area (Å²) in [4.78, 5) is 12.2. The summed E-state index contributed by atoms with van der Waals surface area (Å²) in [5, 5.41) is 10.4. The van der Waals surface area contributed by atoms with Gasteiger partial charge in [0.1, 0.15) is 0 Å². The molecule has 0 spiro atoms. The highest BCUT2D eigenvalue weighted by molar-refractivity contribution is 6.52. The summed E-state index contributed by atoms with van der Waals surface area (Å²) in [5.74, 6) is 1.53. The number of rotatable bonds is 10. The van der Waals surface area contributed by atoms with Gasteiger partial charge >= 0.3 is 5.97 Å². The highest BCUT2D eigenvalue weighted by atomic mass is 35.5. The Morgan fingerprint density at radius 2 is 1.48 bits per heavy atom. The van der Waals surface area contributed by atoms with Crippen LogP contribution in [0, 0.1) is 0 Å². The fourth-order valence-electron chi connectivity index (χ4n) is 3.11.